The van der Waals surface area contributed by atoms with Crippen LogP contribution in [0.15, 0.2) is 24.3 Å². The highest BCUT2D eigenvalue weighted by molar-refractivity contribution is 6.30. The van der Waals surface area contributed by atoms with E-state index in [1.165, 1.54) is 0 Å². The van der Waals surface area contributed by atoms with Crippen molar-refractivity contribution in [2.24, 2.45) is 5.92 Å². The number of hydrogen-bond donors (Lipinski definition) is 1. The Morgan fingerprint density at radius 2 is 2.15 bits per heavy atom. The van der Waals surface area contributed by atoms with Crippen LogP contribution in [0, 0.1) is 12.8 Å². The van der Waals surface area contributed by atoms with E-state index in [1.807, 2.05) is 35.9 Å². The lowest BCUT2D eigenvalue weighted by molar-refractivity contribution is -0.118. The summed E-state index contributed by atoms with van der Waals surface area (Å²) >= 11 is 6.19. The van der Waals surface area contributed by atoms with Gasteiger partial charge in [0, 0.05) is 35.4 Å². The fraction of sp³-hybridized carbons (Fsp3) is 0.474. The molecule has 1 N–H and O–H groups in total. The van der Waals surface area contributed by atoms with E-state index >= 15 is 0 Å². The largest absolute Gasteiger partial charge is 0.493 e. The number of nitrogens with zero attached hydrogens (tertiary/aromatic N) is 3. The van der Waals surface area contributed by atoms with Gasteiger partial charge in [0.25, 0.3) is 0 Å². The third-order valence-electron chi connectivity index (χ3n) is 4.25. The number of ether oxygens (including phenoxy) is 1. The quantitative estimate of drug-likeness (QED) is 0.842. The third-order valence-corrected chi connectivity index (χ3v) is 4.48. The fourth-order valence-corrected chi connectivity index (χ4v) is 3.06. The molecule has 1 saturated heterocycles. The summed E-state index contributed by atoms with van der Waals surface area (Å²) in [6, 6.07) is 7.59. The van der Waals surface area contributed by atoms with Gasteiger partial charge in [-0.05, 0) is 31.0 Å². The number of aromatic nitrogens is 2. The number of carbonyl (C=O) groups excluding carboxylic acids is 1. The molecule has 1 aromatic heterocycles. The first-order valence-corrected chi connectivity index (χ1v) is 9.28. The van der Waals surface area contributed by atoms with Gasteiger partial charge < -0.3 is 10.1 Å². The number of amides is 1. The first-order valence-electron chi connectivity index (χ1n) is 8.91. The zero-order valence-corrected chi connectivity index (χ0v) is 16.2. The van der Waals surface area contributed by atoms with Crippen molar-refractivity contribution >= 4 is 23.3 Å². The molecule has 1 aliphatic heterocycles. The molecule has 1 aromatic carbocycles. The van der Waals surface area contributed by atoms with Gasteiger partial charge >= 0.3 is 0 Å². The van der Waals surface area contributed by atoms with Crippen molar-refractivity contribution in [3.05, 3.63) is 40.5 Å². The van der Waals surface area contributed by atoms with Crippen molar-refractivity contribution < 1.29 is 9.53 Å². The van der Waals surface area contributed by atoms with E-state index in [1.54, 1.807) is 4.90 Å². The normalized spacial score (nSPS) is 15.0. The number of piperazine rings is 1. The molecule has 0 unspecified atom stereocenters. The summed E-state index contributed by atoms with van der Waals surface area (Å²) in [5, 5.41) is 8.38. The van der Waals surface area contributed by atoms with E-state index in [0.717, 1.165) is 23.6 Å². The minimum absolute atomic E-state index is 0.0459. The van der Waals surface area contributed by atoms with E-state index in [0.29, 0.717) is 43.0 Å². The van der Waals surface area contributed by atoms with Crippen LogP contribution in [0.3, 0.4) is 0 Å². The van der Waals surface area contributed by atoms with Gasteiger partial charge in [-0.25, -0.2) is 0 Å². The van der Waals surface area contributed by atoms with Gasteiger partial charge in [-0.3, -0.25) is 14.4 Å². The second-order valence-corrected chi connectivity index (χ2v) is 7.42. The van der Waals surface area contributed by atoms with Gasteiger partial charge in [0.15, 0.2) is 5.82 Å². The lowest BCUT2D eigenvalue weighted by atomic mass is 10.2. The molecule has 1 amide bonds. The van der Waals surface area contributed by atoms with Crippen molar-refractivity contribution in [2.45, 2.75) is 27.3 Å². The molecule has 2 aromatic rings. The van der Waals surface area contributed by atoms with Gasteiger partial charge in [0.05, 0.1) is 19.7 Å². The third kappa shape index (κ3) is 4.37. The molecule has 0 aliphatic carbocycles. The number of anilines is 1. The average Bonchev–Trinajstić information content (AvgIpc) is 2.95. The predicted octanol–water partition coefficient (Wildman–Crippen LogP) is 2.86. The molecule has 0 saturated carbocycles. The smallest absolute Gasteiger partial charge is 0.242 e. The maximum Gasteiger partial charge on any atom is 0.242 e. The van der Waals surface area contributed by atoms with Crippen molar-refractivity contribution in [1.82, 2.24) is 15.1 Å². The molecule has 0 atom stereocenters. The highest BCUT2D eigenvalue weighted by Gasteiger charge is 2.22. The molecule has 26 heavy (non-hydrogen) atoms. The van der Waals surface area contributed by atoms with Crippen LogP contribution in [-0.2, 0) is 11.3 Å². The monoisotopic (exact) mass is 376 g/mol. The molecule has 0 radical (unpaired) electrons. The van der Waals surface area contributed by atoms with Crippen LogP contribution in [0.4, 0.5) is 5.82 Å². The maximum atomic E-state index is 12.1. The number of hydrogen-bond acceptors (Lipinski definition) is 4. The Kier molecular flexibility index (Phi) is 5.84. The van der Waals surface area contributed by atoms with Crippen LogP contribution in [0.1, 0.15) is 25.1 Å². The Bertz CT molecular complexity index is 788. The number of rotatable bonds is 6. The van der Waals surface area contributed by atoms with Gasteiger partial charge in [0.1, 0.15) is 5.75 Å². The number of benzene rings is 1. The fourth-order valence-electron chi connectivity index (χ4n) is 2.86. The summed E-state index contributed by atoms with van der Waals surface area (Å²) in [6.45, 7) is 9.17. The zero-order chi connectivity index (χ0) is 18.7. The summed E-state index contributed by atoms with van der Waals surface area (Å²) in [6.07, 6.45) is 0. The molecule has 140 valence electrons. The van der Waals surface area contributed by atoms with E-state index < -0.39 is 0 Å². The van der Waals surface area contributed by atoms with Crippen molar-refractivity contribution in [1.29, 1.82) is 0 Å². The summed E-state index contributed by atoms with van der Waals surface area (Å²) < 4.78 is 7.82. The second kappa shape index (κ2) is 8.10. The van der Waals surface area contributed by atoms with E-state index in [-0.39, 0.29) is 5.91 Å². The topological polar surface area (TPSA) is 59.4 Å². The Balaban J connectivity index is 1.82. The van der Waals surface area contributed by atoms with Gasteiger partial charge in [0.2, 0.25) is 5.91 Å². The van der Waals surface area contributed by atoms with Crippen LogP contribution >= 0.6 is 11.6 Å². The van der Waals surface area contributed by atoms with E-state index in [2.05, 4.69) is 24.3 Å². The summed E-state index contributed by atoms with van der Waals surface area (Å²) in [5.74, 6) is 2.00. The summed E-state index contributed by atoms with van der Waals surface area (Å²) in [5.41, 5.74) is 1.96. The predicted molar refractivity (Wildman–Crippen MR) is 103 cm³/mol. The zero-order valence-electron chi connectivity index (χ0n) is 15.5. The summed E-state index contributed by atoms with van der Waals surface area (Å²) in [4.78, 5) is 13.8. The molecule has 2 heterocycles. The maximum absolute atomic E-state index is 12.1. The molecule has 0 spiro atoms. The van der Waals surface area contributed by atoms with Crippen LogP contribution in [-0.4, -0.2) is 41.9 Å². The average molecular weight is 377 g/mol. The lowest BCUT2D eigenvalue weighted by Gasteiger charge is -2.25. The highest BCUT2D eigenvalue weighted by atomic mass is 35.5. The Hall–Kier alpha value is -2.05. The van der Waals surface area contributed by atoms with Gasteiger partial charge in [-0.1, -0.05) is 25.4 Å². The van der Waals surface area contributed by atoms with E-state index in [4.69, 9.17) is 16.3 Å². The summed E-state index contributed by atoms with van der Waals surface area (Å²) in [7, 11) is 0. The molecule has 1 aliphatic rings. The molecular weight excluding hydrogens is 352 g/mol. The van der Waals surface area contributed by atoms with E-state index in [9.17, 15) is 4.79 Å². The van der Waals surface area contributed by atoms with Gasteiger partial charge in [-0.2, -0.15) is 5.10 Å². The van der Waals surface area contributed by atoms with Crippen LogP contribution < -0.4 is 15.0 Å². The minimum atomic E-state index is 0.0459. The first-order chi connectivity index (χ1) is 12.4. The van der Waals surface area contributed by atoms with Crippen LogP contribution in [0.2, 0.25) is 5.02 Å². The SMILES string of the molecule is Cc1cc(N2CCNCC2=O)nn1Cc1cc(Cl)ccc1OCC(C)C. The molecule has 0 bridgehead atoms. The van der Waals surface area contributed by atoms with Crippen LogP contribution in [0.5, 0.6) is 5.75 Å². The Morgan fingerprint density at radius 3 is 2.88 bits per heavy atom. The molecule has 3 rings (SSSR count). The van der Waals surface area contributed by atoms with Crippen molar-refractivity contribution in [3.63, 3.8) is 0 Å². The lowest BCUT2D eigenvalue weighted by Crippen LogP contribution is -2.48. The number of halogens is 1. The molecule has 7 heteroatoms. The van der Waals surface area contributed by atoms with Crippen molar-refractivity contribution in [3.8, 4) is 5.75 Å². The number of carbonyl (C=O) groups is 1. The second-order valence-electron chi connectivity index (χ2n) is 6.98. The highest BCUT2D eigenvalue weighted by Crippen LogP contribution is 2.26. The number of nitrogens with one attached hydrogen (secondary N) is 1. The molecule has 6 nitrogen and oxygen atoms in total. The first kappa shape index (κ1) is 18.7. The number of aryl methyl sites for hydroxylation is 1. The molecular formula is C19H25ClN4O2. The standard InChI is InChI=1S/C19H25ClN4O2/c1-13(2)12-26-17-5-4-16(20)9-15(17)11-24-14(3)8-18(22-24)23-7-6-21-10-19(23)25/h4-5,8-9,13,21H,6-7,10-12H2,1-3H3. The Morgan fingerprint density at radius 1 is 1.35 bits per heavy atom. The minimum Gasteiger partial charge on any atom is -0.493 e. The van der Waals surface area contributed by atoms with Crippen molar-refractivity contribution in [2.75, 3.05) is 31.1 Å². The van der Waals surface area contributed by atoms with Gasteiger partial charge in [-0.15, -0.1) is 0 Å². The Labute approximate surface area is 159 Å². The molecule has 1 fully saturated rings. The van der Waals surface area contributed by atoms with Crippen LogP contribution in [0.25, 0.3) is 0 Å².